The summed E-state index contributed by atoms with van der Waals surface area (Å²) in [7, 11) is 3.31. The van der Waals surface area contributed by atoms with Gasteiger partial charge in [0, 0.05) is 44.6 Å². The van der Waals surface area contributed by atoms with E-state index in [2.05, 4.69) is 88.7 Å². The summed E-state index contributed by atoms with van der Waals surface area (Å²) in [6, 6.07) is 55.8. The minimum atomic E-state index is -0.713. The van der Waals surface area contributed by atoms with Crippen LogP contribution < -0.4 is 42.6 Å². The molecule has 0 aliphatic rings. The molecule has 0 aliphatic carbocycles. The lowest BCUT2D eigenvalue weighted by atomic mass is 9.84. The van der Waals surface area contributed by atoms with Crippen LogP contribution in [0.2, 0.25) is 0 Å². The first kappa shape index (κ1) is 58.4. The average Bonchev–Trinajstić information content (AvgIpc) is 3.42. The zero-order valence-electron chi connectivity index (χ0n) is 41.3. The molecular formula is C56H70N6O8S2. The lowest BCUT2D eigenvalue weighted by Gasteiger charge is -2.36. The number of ether oxygens (including phenoxy) is 4. The van der Waals surface area contributed by atoms with E-state index in [1.807, 2.05) is 97.1 Å². The van der Waals surface area contributed by atoms with Gasteiger partial charge in [0.2, 0.25) is 17.7 Å². The van der Waals surface area contributed by atoms with Crippen LogP contribution in [0.5, 0.6) is 11.5 Å². The fraction of sp³-hybridized carbons (Fsp3) is 0.304. The van der Waals surface area contributed by atoms with Crippen molar-refractivity contribution in [2.75, 3.05) is 78.3 Å². The van der Waals surface area contributed by atoms with Crippen LogP contribution in [0, 0.1) is 0 Å². The molecule has 0 spiro atoms. The third-order valence-electron chi connectivity index (χ3n) is 11.3. The standard InChI is InChI=1S/C29H35N3O4S.C27H33N3O3S.H2O/c1-22(33)31-17-19-36-20-18-32-28(34)27(30)21-37-29(23-9-5-3-6-10-23,24-11-7-4-8-12-24)25-13-15-26(35-2)16-14-25;1-32-24-14-12-23(13-15-24)27(21-8-4-2-5-9-21,22-10-6-3-7-11-22)34-20-25(29)26(31)30-17-19-33-18-16-28;/h3-16,27H,17-21,30H2,1-2H3,(H,31,33)(H,32,34);2-15,25H,16-20,28-29H2,1H3,(H,30,31);1H2/t27-;25-;/m00./s1. The second kappa shape index (κ2) is 31.3. The number of nitrogens with one attached hydrogen (secondary N) is 3. The molecule has 0 bridgehead atoms. The SMILES string of the molecule is COc1ccc(C(SC[C@H](N)C(=O)NCCOCCN)(c2ccccc2)c2ccccc2)cc1.COc1ccc(C(SC[C@H](N)C(=O)NCCOCCNC(C)=O)(c2ccccc2)c2ccccc2)cc1.O. The Labute approximate surface area is 432 Å². The van der Waals surface area contributed by atoms with Crippen molar-refractivity contribution in [3.05, 3.63) is 203 Å². The summed E-state index contributed by atoms with van der Waals surface area (Å²) in [6.45, 7) is 4.70. The number of amides is 3. The van der Waals surface area contributed by atoms with Gasteiger partial charge in [0.05, 0.1) is 62.2 Å². The summed E-state index contributed by atoms with van der Waals surface area (Å²) >= 11 is 3.28. The van der Waals surface area contributed by atoms with E-state index in [0.717, 1.165) is 44.9 Å². The maximum absolute atomic E-state index is 12.8. The first-order chi connectivity index (χ1) is 34.6. The Morgan fingerprint density at radius 2 is 0.764 bits per heavy atom. The molecule has 0 radical (unpaired) electrons. The van der Waals surface area contributed by atoms with Crippen LogP contribution in [-0.2, 0) is 33.4 Å². The van der Waals surface area contributed by atoms with Crippen LogP contribution >= 0.6 is 23.5 Å². The monoisotopic (exact) mass is 1020 g/mol. The molecule has 6 aromatic carbocycles. The second-order valence-electron chi connectivity index (χ2n) is 16.2. The summed E-state index contributed by atoms with van der Waals surface area (Å²) in [5.41, 5.74) is 24.7. The maximum Gasteiger partial charge on any atom is 0.237 e. The third-order valence-corrected chi connectivity index (χ3v) is 14.7. The smallest absolute Gasteiger partial charge is 0.237 e. The minimum absolute atomic E-state index is 0. The molecule has 14 nitrogen and oxygen atoms in total. The minimum Gasteiger partial charge on any atom is -0.497 e. The number of methoxy groups -OCH3 is 2. The van der Waals surface area contributed by atoms with Gasteiger partial charge in [-0.1, -0.05) is 146 Å². The van der Waals surface area contributed by atoms with E-state index < -0.39 is 21.6 Å². The lowest BCUT2D eigenvalue weighted by Crippen LogP contribution is -2.44. The highest BCUT2D eigenvalue weighted by molar-refractivity contribution is 8.01. The summed E-state index contributed by atoms with van der Waals surface area (Å²) in [4.78, 5) is 36.3. The molecule has 0 aromatic heterocycles. The van der Waals surface area contributed by atoms with Gasteiger partial charge in [0.25, 0.3) is 0 Å². The summed E-state index contributed by atoms with van der Waals surface area (Å²) in [5, 5.41) is 8.36. The van der Waals surface area contributed by atoms with E-state index >= 15 is 0 Å². The zero-order chi connectivity index (χ0) is 50.7. The van der Waals surface area contributed by atoms with E-state index in [0.29, 0.717) is 64.1 Å². The van der Waals surface area contributed by atoms with Crippen molar-refractivity contribution < 1.29 is 38.8 Å². The number of benzene rings is 6. The van der Waals surface area contributed by atoms with Crippen molar-refractivity contribution in [1.29, 1.82) is 0 Å². The Kier molecular flexibility index (Phi) is 25.4. The molecule has 0 saturated carbocycles. The molecule has 72 heavy (non-hydrogen) atoms. The molecule has 0 aliphatic heterocycles. The predicted molar refractivity (Wildman–Crippen MR) is 291 cm³/mol. The van der Waals surface area contributed by atoms with Crippen LogP contribution in [0.3, 0.4) is 0 Å². The molecule has 6 rings (SSSR count). The highest BCUT2D eigenvalue weighted by atomic mass is 32.2. The Hall–Kier alpha value is -6.21. The fourth-order valence-electron chi connectivity index (χ4n) is 7.77. The Morgan fingerprint density at radius 1 is 0.472 bits per heavy atom. The Bertz CT molecular complexity index is 2380. The van der Waals surface area contributed by atoms with Crippen molar-refractivity contribution in [3.8, 4) is 11.5 Å². The van der Waals surface area contributed by atoms with Crippen LogP contribution in [0.1, 0.15) is 40.3 Å². The quantitative estimate of drug-likeness (QED) is 0.0272. The van der Waals surface area contributed by atoms with E-state index in [-0.39, 0.29) is 23.2 Å². The number of hydrogen-bond acceptors (Lipinski definition) is 12. The molecule has 11 N–H and O–H groups in total. The Balaban J connectivity index is 0.000000309. The highest BCUT2D eigenvalue weighted by Gasteiger charge is 2.39. The number of rotatable bonds is 27. The molecular weight excluding hydrogens is 949 g/mol. The van der Waals surface area contributed by atoms with Gasteiger partial charge >= 0.3 is 0 Å². The molecule has 0 heterocycles. The van der Waals surface area contributed by atoms with E-state index in [4.69, 9.17) is 36.1 Å². The second-order valence-corrected chi connectivity index (χ2v) is 18.7. The van der Waals surface area contributed by atoms with Crippen molar-refractivity contribution in [2.24, 2.45) is 17.2 Å². The van der Waals surface area contributed by atoms with Gasteiger partial charge in [-0.2, -0.15) is 0 Å². The largest absolute Gasteiger partial charge is 0.497 e. The zero-order valence-corrected chi connectivity index (χ0v) is 42.9. The van der Waals surface area contributed by atoms with Gasteiger partial charge in [-0.3, -0.25) is 14.4 Å². The first-order valence-corrected chi connectivity index (χ1v) is 25.5. The highest BCUT2D eigenvalue weighted by Crippen LogP contribution is 2.50. The first-order valence-electron chi connectivity index (χ1n) is 23.5. The van der Waals surface area contributed by atoms with E-state index in [1.165, 1.54) is 6.92 Å². The molecule has 6 aromatic rings. The fourth-order valence-corrected chi connectivity index (χ4v) is 10.7. The number of hydrogen-bond donors (Lipinski definition) is 6. The lowest BCUT2D eigenvalue weighted by molar-refractivity contribution is -0.122. The van der Waals surface area contributed by atoms with Gasteiger partial charge in [0.1, 0.15) is 11.5 Å². The van der Waals surface area contributed by atoms with Crippen molar-refractivity contribution in [2.45, 2.75) is 28.5 Å². The molecule has 2 atom stereocenters. The average molecular weight is 1020 g/mol. The Morgan fingerprint density at radius 3 is 1.06 bits per heavy atom. The van der Waals surface area contributed by atoms with Gasteiger partial charge in [-0.05, 0) is 57.6 Å². The van der Waals surface area contributed by atoms with Gasteiger partial charge in [-0.25, -0.2) is 0 Å². The van der Waals surface area contributed by atoms with Gasteiger partial charge in [-0.15, -0.1) is 23.5 Å². The molecule has 0 unspecified atom stereocenters. The molecule has 0 saturated heterocycles. The molecule has 3 amide bonds. The molecule has 16 heteroatoms. The van der Waals surface area contributed by atoms with Crippen LogP contribution in [0.25, 0.3) is 0 Å². The van der Waals surface area contributed by atoms with Crippen LogP contribution in [-0.4, -0.2) is 114 Å². The van der Waals surface area contributed by atoms with E-state index in [9.17, 15) is 14.4 Å². The van der Waals surface area contributed by atoms with Crippen molar-refractivity contribution in [3.63, 3.8) is 0 Å². The van der Waals surface area contributed by atoms with Crippen molar-refractivity contribution >= 4 is 41.2 Å². The summed E-state index contributed by atoms with van der Waals surface area (Å²) in [5.74, 6) is 1.85. The van der Waals surface area contributed by atoms with Crippen LogP contribution in [0.15, 0.2) is 170 Å². The summed E-state index contributed by atoms with van der Waals surface area (Å²) < 4.78 is 20.4. The summed E-state index contributed by atoms with van der Waals surface area (Å²) in [6.07, 6.45) is 0. The number of carbonyl (C=O) groups is 3. The van der Waals surface area contributed by atoms with Gasteiger partial charge in [0.15, 0.2) is 0 Å². The third kappa shape index (κ3) is 16.7. The number of nitrogens with two attached hydrogens (primary N) is 3. The van der Waals surface area contributed by atoms with Gasteiger partial charge < -0.3 is 57.6 Å². The topological polar surface area (TPSA) is 234 Å². The molecule has 0 fully saturated rings. The predicted octanol–water partition coefficient (Wildman–Crippen LogP) is 5.63. The normalized spacial score (nSPS) is 11.9. The molecule has 384 valence electrons. The van der Waals surface area contributed by atoms with Crippen LogP contribution in [0.4, 0.5) is 0 Å². The maximum atomic E-state index is 12.8. The number of thioether (sulfide) groups is 2. The van der Waals surface area contributed by atoms with E-state index in [1.54, 1.807) is 37.7 Å². The van der Waals surface area contributed by atoms with Crippen molar-refractivity contribution in [1.82, 2.24) is 16.0 Å². The number of carbonyl (C=O) groups excluding carboxylic acids is 3.